The Bertz CT molecular complexity index is 933. The molecule has 0 atom stereocenters. The molecule has 0 spiro atoms. The molecule has 6 nitrogen and oxygen atoms in total. The Morgan fingerprint density at radius 3 is 2.38 bits per heavy atom. The highest BCUT2D eigenvalue weighted by Crippen LogP contribution is 2.12. The quantitative estimate of drug-likeness (QED) is 0.685. The third-order valence-electron chi connectivity index (χ3n) is 3.86. The molecule has 0 aliphatic rings. The molecule has 0 saturated carbocycles. The molecule has 156 valence electrons. The molecule has 2 aromatic rings. The highest BCUT2D eigenvalue weighted by molar-refractivity contribution is 7.92. The van der Waals surface area contributed by atoms with Gasteiger partial charge < -0.3 is 10.1 Å². The lowest BCUT2D eigenvalue weighted by atomic mass is 10.1. The Hall–Kier alpha value is -2.64. The van der Waals surface area contributed by atoms with Crippen molar-refractivity contribution < 1.29 is 17.9 Å². The van der Waals surface area contributed by atoms with Gasteiger partial charge in [0.1, 0.15) is 5.60 Å². The van der Waals surface area contributed by atoms with Gasteiger partial charge in [0, 0.05) is 18.5 Å². The molecule has 2 rings (SSSR count). The summed E-state index contributed by atoms with van der Waals surface area (Å²) in [7, 11) is -3.56. The number of hydrogen-bond acceptors (Lipinski definition) is 4. The number of carbonyl (C=O) groups excluding carboxylic acids is 1. The fourth-order valence-corrected chi connectivity index (χ4v) is 3.34. The smallest absolute Gasteiger partial charge is 0.407 e. The number of sulfonamides is 1. The zero-order valence-electron chi connectivity index (χ0n) is 17.0. The molecular formula is C22H28N2O4S. The lowest BCUT2D eigenvalue weighted by Crippen LogP contribution is -2.32. The number of hydrogen-bond donors (Lipinski definition) is 2. The maximum atomic E-state index is 12.2. The van der Waals surface area contributed by atoms with Crippen molar-refractivity contribution in [1.29, 1.82) is 0 Å². The standard InChI is InChI=1S/C22H28N2O4S/c1-22(2,3)28-21(25)23-17-20-12-8-7-11-19(20)14-16-29(26,27)24-15-13-18-9-5-4-6-10-18/h4-12,14,16,24H,13,15,17H2,1-3H3,(H,23,25)/b16-14+. The molecule has 0 heterocycles. The Morgan fingerprint density at radius 2 is 1.69 bits per heavy atom. The Balaban J connectivity index is 1.94. The number of nitrogens with one attached hydrogen (secondary N) is 2. The lowest BCUT2D eigenvalue weighted by Gasteiger charge is -2.19. The minimum atomic E-state index is -3.56. The van der Waals surface area contributed by atoms with E-state index >= 15 is 0 Å². The van der Waals surface area contributed by atoms with E-state index in [1.807, 2.05) is 48.5 Å². The van der Waals surface area contributed by atoms with E-state index in [1.165, 1.54) is 6.08 Å². The van der Waals surface area contributed by atoms with Crippen molar-refractivity contribution in [2.75, 3.05) is 6.54 Å². The highest BCUT2D eigenvalue weighted by Gasteiger charge is 2.16. The fourth-order valence-electron chi connectivity index (χ4n) is 2.53. The van der Waals surface area contributed by atoms with E-state index in [0.717, 1.165) is 16.5 Å². The minimum absolute atomic E-state index is 0.233. The summed E-state index contributed by atoms with van der Waals surface area (Å²) in [5.74, 6) is 0. The molecule has 0 aromatic heterocycles. The van der Waals surface area contributed by atoms with Crippen LogP contribution in [0.15, 0.2) is 60.0 Å². The normalized spacial score (nSPS) is 12.1. The van der Waals surface area contributed by atoms with Gasteiger partial charge in [-0.05, 0) is 50.0 Å². The van der Waals surface area contributed by atoms with Crippen LogP contribution in [0.3, 0.4) is 0 Å². The summed E-state index contributed by atoms with van der Waals surface area (Å²) in [5.41, 5.74) is 1.98. The van der Waals surface area contributed by atoms with Crippen molar-refractivity contribution in [1.82, 2.24) is 10.0 Å². The van der Waals surface area contributed by atoms with Gasteiger partial charge >= 0.3 is 6.09 Å². The number of ether oxygens (including phenoxy) is 1. The van der Waals surface area contributed by atoms with Crippen molar-refractivity contribution in [2.24, 2.45) is 0 Å². The van der Waals surface area contributed by atoms with Crippen LogP contribution in [0.4, 0.5) is 4.79 Å². The van der Waals surface area contributed by atoms with Gasteiger partial charge in [-0.2, -0.15) is 0 Å². The van der Waals surface area contributed by atoms with E-state index in [1.54, 1.807) is 26.8 Å². The number of rotatable bonds is 8. The second-order valence-electron chi connectivity index (χ2n) is 7.53. The first kappa shape index (κ1) is 22.6. The van der Waals surface area contributed by atoms with Gasteiger partial charge in [0.15, 0.2) is 0 Å². The first-order chi connectivity index (χ1) is 13.6. The van der Waals surface area contributed by atoms with Crippen molar-refractivity contribution in [3.8, 4) is 0 Å². The number of benzene rings is 2. The molecule has 0 radical (unpaired) electrons. The molecule has 0 saturated heterocycles. The second-order valence-corrected chi connectivity index (χ2v) is 9.18. The van der Waals surface area contributed by atoms with Crippen molar-refractivity contribution in [3.63, 3.8) is 0 Å². The van der Waals surface area contributed by atoms with E-state index in [0.29, 0.717) is 18.5 Å². The molecule has 2 N–H and O–H groups in total. The Morgan fingerprint density at radius 1 is 1.03 bits per heavy atom. The number of alkyl carbamates (subject to hydrolysis) is 1. The van der Waals surface area contributed by atoms with E-state index in [9.17, 15) is 13.2 Å². The van der Waals surface area contributed by atoms with Crippen LogP contribution in [0.5, 0.6) is 0 Å². The maximum Gasteiger partial charge on any atom is 0.407 e. The third kappa shape index (κ3) is 8.93. The summed E-state index contributed by atoms with van der Waals surface area (Å²) >= 11 is 0. The Kier molecular flexibility index (Phi) is 7.99. The monoisotopic (exact) mass is 416 g/mol. The van der Waals surface area contributed by atoms with Crippen LogP contribution in [0.2, 0.25) is 0 Å². The average molecular weight is 417 g/mol. The largest absolute Gasteiger partial charge is 0.444 e. The fraction of sp³-hybridized carbons (Fsp3) is 0.318. The van der Waals surface area contributed by atoms with Crippen LogP contribution in [0.1, 0.15) is 37.5 Å². The van der Waals surface area contributed by atoms with Crippen molar-refractivity contribution in [2.45, 2.75) is 39.3 Å². The maximum absolute atomic E-state index is 12.2. The van der Waals surface area contributed by atoms with Crippen molar-refractivity contribution >= 4 is 22.2 Å². The van der Waals surface area contributed by atoms with Gasteiger partial charge in [-0.1, -0.05) is 54.6 Å². The third-order valence-corrected chi connectivity index (χ3v) is 4.96. The van der Waals surface area contributed by atoms with Crippen LogP contribution in [0, 0.1) is 0 Å². The summed E-state index contributed by atoms with van der Waals surface area (Å²) in [6.45, 7) is 5.92. The van der Waals surface area contributed by atoms with E-state index in [4.69, 9.17) is 4.74 Å². The molecular weight excluding hydrogens is 388 g/mol. The molecule has 7 heteroatoms. The van der Waals surface area contributed by atoms with Crippen LogP contribution < -0.4 is 10.0 Å². The van der Waals surface area contributed by atoms with Crippen molar-refractivity contribution in [3.05, 3.63) is 76.7 Å². The molecule has 1 amide bonds. The molecule has 0 aliphatic heterocycles. The molecule has 2 aromatic carbocycles. The average Bonchev–Trinajstić information content (AvgIpc) is 2.65. The van der Waals surface area contributed by atoms with Gasteiger partial charge in [0.05, 0.1) is 0 Å². The number of carbonyl (C=O) groups is 1. The minimum Gasteiger partial charge on any atom is -0.444 e. The van der Waals surface area contributed by atoms with Crippen LogP contribution in [-0.4, -0.2) is 26.7 Å². The summed E-state index contributed by atoms with van der Waals surface area (Å²) in [6, 6.07) is 16.9. The predicted molar refractivity (Wildman–Crippen MR) is 116 cm³/mol. The van der Waals surface area contributed by atoms with Gasteiger partial charge in [0.2, 0.25) is 10.0 Å². The van der Waals surface area contributed by atoms with E-state index in [2.05, 4.69) is 10.0 Å². The Labute approximate surface area is 173 Å². The SMILES string of the molecule is CC(C)(C)OC(=O)NCc1ccccc1/C=C/S(=O)(=O)NCCc1ccccc1. The van der Waals surface area contributed by atoms with Gasteiger partial charge in [0.25, 0.3) is 0 Å². The summed E-state index contributed by atoms with van der Waals surface area (Å²) in [6.07, 6.45) is 1.62. The van der Waals surface area contributed by atoms with Gasteiger partial charge in [-0.15, -0.1) is 0 Å². The van der Waals surface area contributed by atoms with Gasteiger partial charge in [-0.25, -0.2) is 17.9 Å². The zero-order chi connectivity index (χ0) is 21.3. The molecule has 0 bridgehead atoms. The molecule has 0 aliphatic carbocycles. The first-order valence-electron chi connectivity index (χ1n) is 9.41. The van der Waals surface area contributed by atoms with Crippen LogP contribution in [0.25, 0.3) is 6.08 Å². The second kappa shape index (κ2) is 10.2. The summed E-state index contributed by atoms with van der Waals surface area (Å²) in [4.78, 5) is 11.8. The highest BCUT2D eigenvalue weighted by atomic mass is 32.2. The van der Waals surface area contributed by atoms with Crippen LogP contribution >= 0.6 is 0 Å². The predicted octanol–water partition coefficient (Wildman–Crippen LogP) is 3.84. The molecule has 0 unspecified atom stereocenters. The molecule has 29 heavy (non-hydrogen) atoms. The van der Waals surface area contributed by atoms with Crippen LogP contribution in [-0.2, 0) is 27.7 Å². The lowest BCUT2D eigenvalue weighted by molar-refractivity contribution is 0.0523. The summed E-state index contributed by atoms with van der Waals surface area (Å²) in [5, 5.41) is 3.83. The molecule has 0 fully saturated rings. The number of amides is 1. The van der Waals surface area contributed by atoms with Gasteiger partial charge in [-0.3, -0.25) is 0 Å². The van der Waals surface area contributed by atoms with E-state index < -0.39 is 21.7 Å². The first-order valence-corrected chi connectivity index (χ1v) is 11.0. The topological polar surface area (TPSA) is 84.5 Å². The van der Waals surface area contributed by atoms with E-state index in [-0.39, 0.29) is 6.54 Å². The zero-order valence-corrected chi connectivity index (χ0v) is 17.8. The summed E-state index contributed by atoms with van der Waals surface area (Å²) < 4.78 is 32.3.